The standard InChI is InChI=1S/C14H17ClO3/c1-9(11-3-4-11)18-14(16)10(2)17-13-7-5-12(15)6-8-13/h5-11H,3-4H2,1-2H3. The van der Waals surface area contributed by atoms with Gasteiger partial charge in [0.1, 0.15) is 11.9 Å². The molecule has 2 atom stereocenters. The lowest BCUT2D eigenvalue weighted by Gasteiger charge is -2.17. The van der Waals surface area contributed by atoms with Crippen molar-refractivity contribution in [3.63, 3.8) is 0 Å². The third-order valence-corrected chi connectivity index (χ3v) is 3.30. The van der Waals surface area contributed by atoms with Crippen LogP contribution in [-0.2, 0) is 9.53 Å². The first-order chi connectivity index (χ1) is 8.56. The monoisotopic (exact) mass is 268 g/mol. The van der Waals surface area contributed by atoms with Crippen LogP contribution in [0.3, 0.4) is 0 Å². The van der Waals surface area contributed by atoms with Gasteiger partial charge in [-0.3, -0.25) is 0 Å². The molecule has 0 radical (unpaired) electrons. The molecule has 1 aliphatic rings. The van der Waals surface area contributed by atoms with Crippen molar-refractivity contribution in [1.29, 1.82) is 0 Å². The summed E-state index contributed by atoms with van der Waals surface area (Å²) in [4.78, 5) is 11.8. The second kappa shape index (κ2) is 5.61. The van der Waals surface area contributed by atoms with Crippen LogP contribution in [0, 0.1) is 5.92 Å². The number of rotatable bonds is 5. The average Bonchev–Trinajstić information content (AvgIpc) is 3.16. The summed E-state index contributed by atoms with van der Waals surface area (Å²) in [6.07, 6.45) is 1.70. The number of carbonyl (C=O) groups is 1. The van der Waals surface area contributed by atoms with E-state index in [2.05, 4.69) is 0 Å². The van der Waals surface area contributed by atoms with Crippen molar-refractivity contribution < 1.29 is 14.3 Å². The molecule has 0 N–H and O–H groups in total. The molecule has 2 unspecified atom stereocenters. The van der Waals surface area contributed by atoms with Crippen LogP contribution in [-0.4, -0.2) is 18.2 Å². The number of benzene rings is 1. The van der Waals surface area contributed by atoms with Gasteiger partial charge in [0.15, 0.2) is 6.10 Å². The zero-order valence-corrected chi connectivity index (χ0v) is 11.3. The first-order valence-electron chi connectivity index (χ1n) is 6.19. The Hall–Kier alpha value is -1.22. The van der Waals surface area contributed by atoms with Crippen LogP contribution in [0.1, 0.15) is 26.7 Å². The van der Waals surface area contributed by atoms with Crippen LogP contribution in [0.5, 0.6) is 5.75 Å². The van der Waals surface area contributed by atoms with Gasteiger partial charge >= 0.3 is 5.97 Å². The van der Waals surface area contributed by atoms with Crippen molar-refractivity contribution in [2.45, 2.75) is 38.9 Å². The molecule has 0 aromatic heterocycles. The molecule has 1 fully saturated rings. The quantitative estimate of drug-likeness (QED) is 0.768. The Balaban J connectivity index is 1.84. The minimum atomic E-state index is -0.604. The predicted octanol–water partition coefficient (Wildman–Crippen LogP) is 3.45. The van der Waals surface area contributed by atoms with Gasteiger partial charge in [0.25, 0.3) is 0 Å². The van der Waals surface area contributed by atoms with Crippen molar-refractivity contribution in [3.05, 3.63) is 29.3 Å². The second-order valence-corrected chi connectivity index (χ2v) is 5.13. The summed E-state index contributed by atoms with van der Waals surface area (Å²) >= 11 is 5.77. The smallest absolute Gasteiger partial charge is 0.347 e. The molecule has 0 heterocycles. The summed E-state index contributed by atoms with van der Waals surface area (Å²) < 4.78 is 10.8. The Morgan fingerprint density at radius 1 is 1.28 bits per heavy atom. The van der Waals surface area contributed by atoms with Crippen molar-refractivity contribution in [2.75, 3.05) is 0 Å². The lowest BCUT2D eigenvalue weighted by molar-refractivity contribution is -0.156. The van der Waals surface area contributed by atoms with Crippen LogP contribution >= 0.6 is 11.6 Å². The summed E-state index contributed by atoms with van der Waals surface area (Å²) in [5, 5.41) is 0.639. The molecular formula is C14H17ClO3. The molecule has 0 bridgehead atoms. The summed E-state index contributed by atoms with van der Waals surface area (Å²) in [7, 11) is 0. The number of esters is 1. The van der Waals surface area contributed by atoms with Crippen LogP contribution in [0.2, 0.25) is 5.02 Å². The van der Waals surface area contributed by atoms with E-state index in [9.17, 15) is 4.79 Å². The molecule has 0 amide bonds. The summed E-state index contributed by atoms with van der Waals surface area (Å²) in [5.41, 5.74) is 0. The molecule has 1 aliphatic carbocycles. The Morgan fingerprint density at radius 2 is 1.89 bits per heavy atom. The van der Waals surface area contributed by atoms with Gasteiger partial charge < -0.3 is 9.47 Å². The number of halogens is 1. The molecular weight excluding hydrogens is 252 g/mol. The van der Waals surface area contributed by atoms with Crippen LogP contribution in [0.4, 0.5) is 0 Å². The number of hydrogen-bond acceptors (Lipinski definition) is 3. The molecule has 98 valence electrons. The first-order valence-corrected chi connectivity index (χ1v) is 6.57. The normalized spacial score (nSPS) is 17.9. The highest BCUT2D eigenvalue weighted by Crippen LogP contribution is 2.34. The van der Waals surface area contributed by atoms with Crippen molar-refractivity contribution in [3.8, 4) is 5.75 Å². The summed E-state index contributed by atoms with van der Waals surface area (Å²) in [6, 6.07) is 6.91. The minimum absolute atomic E-state index is 0.00577. The van der Waals surface area contributed by atoms with E-state index in [4.69, 9.17) is 21.1 Å². The molecule has 1 saturated carbocycles. The Bertz CT molecular complexity index is 412. The molecule has 1 aromatic rings. The number of ether oxygens (including phenoxy) is 2. The largest absolute Gasteiger partial charge is 0.479 e. The maximum Gasteiger partial charge on any atom is 0.347 e. The van der Waals surface area contributed by atoms with Crippen LogP contribution in [0.15, 0.2) is 24.3 Å². The third kappa shape index (κ3) is 3.64. The Kier molecular flexibility index (Phi) is 4.12. The van der Waals surface area contributed by atoms with Gasteiger partial charge in [-0.2, -0.15) is 0 Å². The zero-order chi connectivity index (χ0) is 13.1. The van der Waals surface area contributed by atoms with Crippen molar-refractivity contribution >= 4 is 17.6 Å². The lowest BCUT2D eigenvalue weighted by Crippen LogP contribution is -2.29. The molecule has 0 saturated heterocycles. The number of carbonyl (C=O) groups excluding carboxylic acids is 1. The van der Waals surface area contributed by atoms with Crippen LogP contribution in [0.25, 0.3) is 0 Å². The Morgan fingerprint density at radius 3 is 2.44 bits per heavy atom. The summed E-state index contributed by atoms with van der Waals surface area (Å²) in [5.74, 6) is 0.837. The van der Waals surface area contributed by atoms with Crippen LogP contribution < -0.4 is 4.74 Å². The van der Waals surface area contributed by atoms with Gasteiger partial charge in [0, 0.05) is 5.02 Å². The second-order valence-electron chi connectivity index (χ2n) is 4.69. The highest BCUT2D eigenvalue weighted by atomic mass is 35.5. The lowest BCUT2D eigenvalue weighted by atomic mass is 10.2. The van der Waals surface area contributed by atoms with E-state index in [0.29, 0.717) is 16.7 Å². The molecule has 3 nitrogen and oxygen atoms in total. The number of hydrogen-bond donors (Lipinski definition) is 0. The molecule has 18 heavy (non-hydrogen) atoms. The molecule has 4 heteroatoms. The highest BCUT2D eigenvalue weighted by Gasteiger charge is 2.32. The molecule has 0 spiro atoms. The average molecular weight is 269 g/mol. The van der Waals surface area contributed by atoms with Gasteiger partial charge in [-0.15, -0.1) is 0 Å². The SMILES string of the molecule is CC(Oc1ccc(Cl)cc1)C(=O)OC(C)C1CC1. The topological polar surface area (TPSA) is 35.5 Å². The predicted molar refractivity (Wildman–Crippen MR) is 69.8 cm³/mol. The minimum Gasteiger partial charge on any atom is -0.479 e. The van der Waals surface area contributed by atoms with Gasteiger partial charge in [0.05, 0.1) is 0 Å². The van der Waals surface area contributed by atoms with Gasteiger partial charge in [-0.25, -0.2) is 4.79 Å². The van der Waals surface area contributed by atoms with E-state index in [1.54, 1.807) is 31.2 Å². The van der Waals surface area contributed by atoms with Gasteiger partial charge in [-0.05, 0) is 56.9 Å². The van der Waals surface area contributed by atoms with E-state index < -0.39 is 6.10 Å². The van der Waals surface area contributed by atoms with E-state index >= 15 is 0 Å². The maximum absolute atomic E-state index is 11.8. The van der Waals surface area contributed by atoms with Gasteiger partial charge in [-0.1, -0.05) is 11.6 Å². The molecule has 1 aromatic carbocycles. The first kappa shape index (κ1) is 13.2. The third-order valence-electron chi connectivity index (χ3n) is 3.05. The Labute approximate surface area is 112 Å². The van der Waals surface area contributed by atoms with Crippen molar-refractivity contribution in [1.82, 2.24) is 0 Å². The van der Waals surface area contributed by atoms with Crippen molar-refractivity contribution in [2.24, 2.45) is 5.92 Å². The highest BCUT2D eigenvalue weighted by molar-refractivity contribution is 6.30. The maximum atomic E-state index is 11.8. The van der Waals surface area contributed by atoms with Gasteiger partial charge in [0.2, 0.25) is 0 Å². The fraction of sp³-hybridized carbons (Fsp3) is 0.500. The zero-order valence-electron chi connectivity index (χ0n) is 10.6. The van der Waals surface area contributed by atoms with E-state index in [1.165, 1.54) is 0 Å². The van der Waals surface area contributed by atoms with E-state index in [-0.39, 0.29) is 12.1 Å². The summed E-state index contributed by atoms with van der Waals surface area (Å²) in [6.45, 7) is 3.63. The van der Waals surface area contributed by atoms with E-state index in [0.717, 1.165) is 12.8 Å². The molecule has 0 aliphatic heterocycles. The van der Waals surface area contributed by atoms with E-state index in [1.807, 2.05) is 6.92 Å². The fourth-order valence-electron chi connectivity index (χ4n) is 1.71. The fourth-order valence-corrected chi connectivity index (χ4v) is 1.83. The molecule has 2 rings (SSSR count).